The smallest absolute Gasteiger partial charge is 0.433 e. The fourth-order valence-electron chi connectivity index (χ4n) is 4.75. The topological polar surface area (TPSA) is 107 Å². The Morgan fingerprint density at radius 2 is 1.74 bits per heavy atom. The van der Waals surface area contributed by atoms with Crippen molar-refractivity contribution in [2.45, 2.75) is 13.1 Å². The molecule has 0 amide bonds. The lowest BCUT2D eigenvalue weighted by Gasteiger charge is -2.38. The lowest BCUT2D eigenvalue weighted by molar-refractivity contribution is -0.141. The molecule has 4 aromatic heterocycles. The van der Waals surface area contributed by atoms with E-state index in [0.29, 0.717) is 48.5 Å². The maximum Gasteiger partial charge on any atom is 0.433 e. The van der Waals surface area contributed by atoms with Gasteiger partial charge in [0.1, 0.15) is 17.7 Å². The van der Waals surface area contributed by atoms with E-state index in [-0.39, 0.29) is 18.2 Å². The number of hydrogen-bond donors (Lipinski definition) is 0. The Labute approximate surface area is 219 Å². The van der Waals surface area contributed by atoms with Crippen LogP contribution < -0.4 is 9.80 Å². The number of carbonyl (C=O) groups is 1. The van der Waals surface area contributed by atoms with Crippen LogP contribution in [0.4, 0.5) is 24.7 Å². The number of benzene rings is 1. The molecule has 0 spiro atoms. The lowest BCUT2D eigenvalue weighted by Crippen LogP contribution is -2.47. The third-order valence-corrected chi connectivity index (χ3v) is 6.51. The van der Waals surface area contributed by atoms with Crippen molar-refractivity contribution in [3.8, 4) is 5.69 Å². The zero-order valence-electron chi connectivity index (χ0n) is 20.7. The van der Waals surface area contributed by atoms with Crippen molar-refractivity contribution in [2.75, 3.05) is 42.6 Å². The van der Waals surface area contributed by atoms with Gasteiger partial charge in [-0.05, 0) is 19.1 Å². The highest BCUT2D eigenvalue weighted by Gasteiger charge is 2.35. The Balaban J connectivity index is 1.37. The number of fused-ring (bicyclic) bond motifs is 2. The van der Waals surface area contributed by atoms with Gasteiger partial charge in [0.05, 0.1) is 29.6 Å². The Morgan fingerprint density at radius 1 is 1.00 bits per heavy atom. The van der Waals surface area contributed by atoms with E-state index in [1.54, 1.807) is 22.7 Å². The second-order valence-electron chi connectivity index (χ2n) is 8.81. The Bertz CT molecular complexity index is 1660. The second kappa shape index (κ2) is 9.53. The summed E-state index contributed by atoms with van der Waals surface area (Å²) >= 11 is 0. The van der Waals surface area contributed by atoms with Crippen LogP contribution in [0.25, 0.3) is 22.5 Å². The van der Waals surface area contributed by atoms with E-state index < -0.39 is 17.8 Å². The highest BCUT2D eigenvalue weighted by atomic mass is 19.4. The molecule has 0 radical (unpaired) electrons. The normalized spacial score (nSPS) is 14.4. The number of rotatable bonds is 5. The van der Waals surface area contributed by atoms with Crippen molar-refractivity contribution >= 4 is 34.3 Å². The van der Waals surface area contributed by atoms with Crippen LogP contribution in [0.5, 0.6) is 0 Å². The zero-order chi connectivity index (χ0) is 27.1. The van der Waals surface area contributed by atoms with Gasteiger partial charge in [0.15, 0.2) is 11.3 Å². The van der Waals surface area contributed by atoms with Crippen LogP contribution in [-0.4, -0.2) is 73.1 Å². The Morgan fingerprint density at radius 3 is 2.46 bits per heavy atom. The third-order valence-electron chi connectivity index (χ3n) is 6.51. The molecule has 11 nitrogen and oxygen atoms in total. The summed E-state index contributed by atoms with van der Waals surface area (Å²) in [4.78, 5) is 28.7. The van der Waals surface area contributed by atoms with Crippen molar-refractivity contribution in [1.82, 2.24) is 34.3 Å². The van der Waals surface area contributed by atoms with Crippen LogP contribution in [0.2, 0.25) is 0 Å². The number of nitrogens with zero attached hydrogens (tertiary/aromatic N) is 9. The van der Waals surface area contributed by atoms with Crippen molar-refractivity contribution in [1.29, 1.82) is 0 Å². The van der Waals surface area contributed by atoms with Gasteiger partial charge in [0.25, 0.3) is 5.78 Å². The predicted octanol–water partition coefficient (Wildman–Crippen LogP) is 3.38. The first kappa shape index (κ1) is 24.6. The average molecular weight is 538 g/mol. The summed E-state index contributed by atoms with van der Waals surface area (Å²) in [6.45, 7) is 3.45. The van der Waals surface area contributed by atoms with Crippen LogP contribution in [0.15, 0.2) is 55.1 Å². The number of alkyl halides is 3. The molecule has 14 heteroatoms. The van der Waals surface area contributed by atoms with Gasteiger partial charge in [-0.25, -0.2) is 19.4 Å². The summed E-state index contributed by atoms with van der Waals surface area (Å²) in [7, 11) is 0. The molecule has 0 bridgehead atoms. The van der Waals surface area contributed by atoms with Gasteiger partial charge in [-0.15, -0.1) is 0 Å². The van der Waals surface area contributed by atoms with Gasteiger partial charge in [-0.2, -0.15) is 32.9 Å². The molecule has 0 unspecified atom stereocenters. The highest BCUT2D eigenvalue weighted by molar-refractivity contribution is 6.04. The van der Waals surface area contributed by atoms with Crippen molar-refractivity contribution in [2.24, 2.45) is 0 Å². The van der Waals surface area contributed by atoms with E-state index in [0.717, 1.165) is 11.8 Å². The van der Waals surface area contributed by atoms with E-state index in [1.807, 2.05) is 35.2 Å². The quantitative estimate of drug-likeness (QED) is 0.312. The molecule has 1 fully saturated rings. The maximum absolute atomic E-state index is 13.5. The first-order valence-corrected chi connectivity index (χ1v) is 12.2. The average Bonchev–Trinajstić information content (AvgIpc) is 3.59. The molecular weight excluding hydrogens is 515 g/mol. The summed E-state index contributed by atoms with van der Waals surface area (Å²) in [5.74, 6) is -0.395. The molecule has 6 rings (SSSR count). The first-order valence-electron chi connectivity index (χ1n) is 12.2. The van der Waals surface area contributed by atoms with Gasteiger partial charge in [0.2, 0.25) is 0 Å². The molecule has 5 aromatic rings. The van der Waals surface area contributed by atoms with Gasteiger partial charge < -0.3 is 14.5 Å². The molecular formula is C25H22F3N9O2. The Kier molecular flexibility index (Phi) is 6.00. The molecule has 0 N–H and O–H groups in total. The first-order chi connectivity index (χ1) is 18.8. The number of ether oxygens (including phenoxy) is 1. The van der Waals surface area contributed by atoms with E-state index in [1.165, 1.54) is 17.0 Å². The standard InChI is InChI=1S/C25H22F3N9O2/c1-2-39-23(38)18-13-29-22-17(14-31-36(22)16-6-4-3-5-7-16)21(18)35-10-8-34(9-11-35)20-12-19(25(26,27)28)33-24-30-15-32-37(20)24/h3-7,12-15H,2,8-11H2,1H3. The number of anilines is 2. The fraction of sp³-hybridized carbons (Fsp3) is 0.280. The number of para-hydroxylation sites is 1. The number of aromatic nitrogens is 7. The predicted molar refractivity (Wildman–Crippen MR) is 135 cm³/mol. The molecule has 0 saturated carbocycles. The third kappa shape index (κ3) is 4.36. The Hall–Kier alpha value is -4.75. The second-order valence-corrected chi connectivity index (χ2v) is 8.81. The minimum absolute atomic E-state index is 0.129. The summed E-state index contributed by atoms with van der Waals surface area (Å²) in [6, 6.07) is 10.5. The molecule has 1 aliphatic rings. The number of halogens is 3. The van der Waals surface area contributed by atoms with Gasteiger partial charge in [-0.3, -0.25) is 0 Å². The number of piperazine rings is 1. The summed E-state index contributed by atoms with van der Waals surface area (Å²) in [6.07, 6.45) is -0.302. The molecule has 0 atom stereocenters. The van der Waals surface area contributed by atoms with Gasteiger partial charge in [-0.1, -0.05) is 18.2 Å². The molecule has 39 heavy (non-hydrogen) atoms. The molecule has 0 aliphatic carbocycles. The van der Waals surface area contributed by atoms with E-state index in [9.17, 15) is 18.0 Å². The van der Waals surface area contributed by atoms with Crippen LogP contribution in [0, 0.1) is 0 Å². The van der Waals surface area contributed by atoms with E-state index >= 15 is 0 Å². The fourth-order valence-corrected chi connectivity index (χ4v) is 4.75. The SMILES string of the molecule is CCOC(=O)c1cnc2c(cnn2-c2ccccc2)c1N1CCN(c2cc(C(F)(F)F)nc3ncnn23)CC1. The van der Waals surface area contributed by atoms with E-state index in [4.69, 9.17) is 4.74 Å². The molecule has 1 aliphatic heterocycles. The van der Waals surface area contributed by atoms with Crippen LogP contribution in [-0.2, 0) is 10.9 Å². The van der Waals surface area contributed by atoms with Crippen molar-refractivity contribution < 1.29 is 22.7 Å². The number of esters is 1. The minimum Gasteiger partial charge on any atom is -0.462 e. The largest absolute Gasteiger partial charge is 0.462 e. The molecule has 1 aromatic carbocycles. The maximum atomic E-state index is 13.5. The molecule has 5 heterocycles. The number of carbonyl (C=O) groups excluding carboxylic acids is 1. The molecule has 200 valence electrons. The van der Waals surface area contributed by atoms with E-state index in [2.05, 4.69) is 25.1 Å². The summed E-state index contributed by atoms with van der Waals surface area (Å²) < 4.78 is 48.8. The summed E-state index contributed by atoms with van der Waals surface area (Å²) in [5, 5.41) is 9.25. The van der Waals surface area contributed by atoms with Crippen LogP contribution in [0.3, 0.4) is 0 Å². The monoisotopic (exact) mass is 537 g/mol. The van der Waals surface area contributed by atoms with Crippen molar-refractivity contribution in [3.63, 3.8) is 0 Å². The van der Waals surface area contributed by atoms with Gasteiger partial charge in [0, 0.05) is 38.4 Å². The van der Waals surface area contributed by atoms with Crippen LogP contribution in [0.1, 0.15) is 23.0 Å². The number of hydrogen-bond acceptors (Lipinski definition) is 9. The lowest BCUT2D eigenvalue weighted by atomic mass is 10.1. The zero-order valence-corrected chi connectivity index (χ0v) is 20.7. The molecule has 1 saturated heterocycles. The number of pyridine rings is 1. The summed E-state index contributed by atoms with van der Waals surface area (Å²) in [5.41, 5.74) is 1.27. The van der Waals surface area contributed by atoms with Crippen molar-refractivity contribution in [3.05, 3.63) is 66.4 Å². The van der Waals surface area contributed by atoms with Gasteiger partial charge >= 0.3 is 12.1 Å². The highest BCUT2D eigenvalue weighted by Crippen LogP contribution is 2.34. The minimum atomic E-state index is -4.62. The van der Waals surface area contributed by atoms with Crippen LogP contribution >= 0.6 is 0 Å².